The zero-order valence-electron chi connectivity index (χ0n) is 20.4. The number of carboxylic acids is 1. The van der Waals surface area contributed by atoms with Gasteiger partial charge in [0.2, 0.25) is 5.95 Å². The minimum Gasteiger partial charge on any atom is -0.476 e. The number of anilines is 3. The van der Waals surface area contributed by atoms with Gasteiger partial charge in [-0.2, -0.15) is 5.10 Å². The summed E-state index contributed by atoms with van der Waals surface area (Å²) in [6.45, 7) is 2.10. The van der Waals surface area contributed by atoms with Crippen LogP contribution in [-0.4, -0.2) is 82.0 Å². The fraction of sp³-hybridized carbons (Fsp3) is 0.417. The number of halogens is 4. The molecule has 1 fully saturated rings. The third kappa shape index (κ3) is 5.21. The van der Waals surface area contributed by atoms with Crippen LogP contribution in [0, 0.1) is 0 Å². The third-order valence-corrected chi connectivity index (χ3v) is 6.59. The molecular weight excluding hydrogens is 510 g/mol. The molecule has 2 aliphatic rings. The molecule has 1 aliphatic carbocycles. The lowest BCUT2D eigenvalue weighted by Gasteiger charge is -2.34. The molecule has 0 saturated carbocycles. The van der Waals surface area contributed by atoms with Crippen molar-refractivity contribution in [3.63, 3.8) is 0 Å². The Bertz CT molecular complexity index is 1350. The predicted octanol–water partition coefficient (Wildman–Crippen LogP) is 3.50. The molecule has 1 aliphatic heterocycles. The first-order valence-corrected chi connectivity index (χ1v) is 12.0. The number of nitrogens with zero attached hydrogens (tertiary/aromatic N) is 6. The van der Waals surface area contributed by atoms with Crippen LogP contribution in [0.1, 0.15) is 21.6 Å². The van der Waals surface area contributed by atoms with E-state index in [0.29, 0.717) is 54.1 Å². The number of likely N-dealkylation sites (N-methyl/N-ethyl adjacent to an activating group) is 1. The van der Waals surface area contributed by atoms with Gasteiger partial charge in [-0.1, -0.05) is 0 Å². The van der Waals surface area contributed by atoms with E-state index in [9.17, 15) is 27.5 Å². The van der Waals surface area contributed by atoms with Crippen molar-refractivity contribution in [3.8, 4) is 17.1 Å². The van der Waals surface area contributed by atoms with Gasteiger partial charge in [-0.15, -0.1) is 13.2 Å². The molecule has 0 bridgehead atoms. The molecule has 0 spiro atoms. The van der Waals surface area contributed by atoms with E-state index in [1.54, 1.807) is 12.1 Å². The zero-order valence-corrected chi connectivity index (χ0v) is 20.4. The van der Waals surface area contributed by atoms with Crippen molar-refractivity contribution in [3.05, 3.63) is 41.2 Å². The lowest BCUT2D eigenvalue weighted by Crippen LogP contribution is -2.44. The fourth-order valence-electron chi connectivity index (χ4n) is 4.74. The molecule has 0 atom stereocenters. The Balaban J connectivity index is 1.52. The maximum atomic E-state index is 13.2. The van der Waals surface area contributed by atoms with Gasteiger partial charge in [0.05, 0.1) is 23.6 Å². The summed E-state index contributed by atoms with van der Waals surface area (Å²) >= 11 is 0. The number of aryl methyl sites for hydroxylation is 2. The normalized spacial score (nSPS) is 15.7. The third-order valence-electron chi connectivity index (χ3n) is 6.59. The van der Waals surface area contributed by atoms with Gasteiger partial charge in [-0.3, -0.25) is 4.68 Å². The predicted molar refractivity (Wildman–Crippen MR) is 130 cm³/mol. The second-order valence-corrected chi connectivity index (χ2v) is 9.10. The molecular formula is C24H25F4N7O3. The van der Waals surface area contributed by atoms with Crippen molar-refractivity contribution >= 4 is 23.3 Å². The van der Waals surface area contributed by atoms with Gasteiger partial charge in [-0.25, -0.2) is 19.2 Å². The molecule has 2 N–H and O–H groups in total. The van der Waals surface area contributed by atoms with Crippen LogP contribution in [0.25, 0.3) is 11.4 Å². The summed E-state index contributed by atoms with van der Waals surface area (Å²) < 4.78 is 58.2. The van der Waals surface area contributed by atoms with E-state index in [1.165, 1.54) is 16.9 Å². The van der Waals surface area contributed by atoms with Crippen molar-refractivity contribution in [2.24, 2.45) is 0 Å². The van der Waals surface area contributed by atoms with Crippen LogP contribution in [0.5, 0.6) is 5.75 Å². The Morgan fingerprint density at radius 1 is 1.18 bits per heavy atom. The summed E-state index contributed by atoms with van der Waals surface area (Å²) in [4.78, 5) is 24.7. The number of ether oxygens (including phenoxy) is 1. The van der Waals surface area contributed by atoms with Crippen molar-refractivity contribution in [1.82, 2.24) is 24.6 Å². The van der Waals surface area contributed by atoms with Crippen molar-refractivity contribution in [1.29, 1.82) is 0 Å². The summed E-state index contributed by atoms with van der Waals surface area (Å²) in [5, 5.41) is 16.5. The van der Waals surface area contributed by atoms with E-state index < -0.39 is 24.8 Å². The first-order chi connectivity index (χ1) is 18.1. The summed E-state index contributed by atoms with van der Waals surface area (Å²) in [6, 6.07) is 4.37. The van der Waals surface area contributed by atoms with Gasteiger partial charge in [0, 0.05) is 43.6 Å². The van der Waals surface area contributed by atoms with Crippen LogP contribution in [0.2, 0.25) is 0 Å². The number of piperazine rings is 1. The molecule has 2 aromatic heterocycles. The zero-order chi connectivity index (χ0) is 27.0. The molecule has 1 aromatic carbocycles. The SMILES string of the molecule is CN1CCN(c2ccc(OC(F)(F)F)c(Nc3ncc4c(n3)-c3c(c(C(=O)O)nn3CCF)CC4)c2)CC1. The minimum absolute atomic E-state index is 0.0122. The molecule has 202 valence electrons. The van der Waals surface area contributed by atoms with Crippen molar-refractivity contribution in [2.75, 3.05) is 50.1 Å². The Hall–Kier alpha value is -3.94. The number of alkyl halides is 4. The number of aromatic carboxylic acids is 1. The van der Waals surface area contributed by atoms with E-state index in [4.69, 9.17) is 0 Å². The first kappa shape index (κ1) is 25.7. The number of carbonyl (C=O) groups is 1. The van der Waals surface area contributed by atoms with E-state index in [2.05, 4.69) is 34.9 Å². The largest absolute Gasteiger partial charge is 0.573 e. The molecule has 3 aromatic rings. The van der Waals surface area contributed by atoms with Gasteiger partial charge in [0.1, 0.15) is 6.67 Å². The van der Waals surface area contributed by atoms with Crippen LogP contribution in [0.4, 0.5) is 34.9 Å². The van der Waals surface area contributed by atoms with E-state index in [1.807, 2.05) is 7.05 Å². The van der Waals surface area contributed by atoms with Crippen LogP contribution >= 0.6 is 0 Å². The second kappa shape index (κ2) is 10.1. The molecule has 3 heterocycles. The first-order valence-electron chi connectivity index (χ1n) is 12.0. The molecule has 1 saturated heterocycles. The Morgan fingerprint density at radius 3 is 2.63 bits per heavy atom. The summed E-state index contributed by atoms with van der Waals surface area (Å²) in [5.41, 5.74) is 2.39. The van der Waals surface area contributed by atoms with Crippen LogP contribution in [0.3, 0.4) is 0 Å². The number of fused-ring (bicyclic) bond motifs is 3. The van der Waals surface area contributed by atoms with Gasteiger partial charge >= 0.3 is 12.3 Å². The quantitative estimate of drug-likeness (QED) is 0.440. The van der Waals surface area contributed by atoms with Crippen LogP contribution < -0.4 is 15.0 Å². The molecule has 5 rings (SSSR count). The number of benzene rings is 1. The van der Waals surface area contributed by atoms with E-state index >= 15 is 0 Å². The maximum Gasteiger partial charge on any atom is 0.573 e. The highest BCUT2D eigenvalue weighted by Crippen LogP contribution is 2.38. The van der Waals surface area contributed by atoms with Gasteiger partial charge in [0.15, 0.2) is 11.4 Å². The Labute approximate surface area is 214 Å². The number of aromatic nitrogens is 4. The molecule has 0 radical (unpaired) electrons. The van der Waals surface area contributed by atoms with Crippen LogP contribution in [0.15, 0.2) is 24.4 Å². The smallest absolute Gasteiger partial charge is 0.476 e. The number of carboxylic acid groups (broad SMARTS) is 1. The highest BCUT2D eigenvalue weighted by Gasteiger charge is 2.33. The standard InChI is InChI=1S/C24H25F4N7O3/c1-33-8-10-34(11-9-33)15-3-5-18(38-24(26,27)28)17(12-15)30-23-29-13-14-2-4-16-20(22(36)37)32-35(7-6-25)21(16)19(14)31-23/h3,5,12-13H,2,4,6-11H2,1H3,(H,36,37)(H,29,30,31). The molecule has 14 heteroatoms. The fourth-order valence-corrected chi connectivity index (χ4v) is 4.74. The Kier molecular flexibility index (Phi) is 6.82. The monoisotopic (exact) mass is 535 g/mol. The molecule has 0 amide bonds. The second-order valence-electron chi connectivity index (χ2n) is 9.10. The molecule has 0 unspecified atom stereocenters. The van der Waals surface area contributed by atoms with Gasteiger partial charge in [-0.05, 0) is 43.7 Å². The van der Waals surface area contributed by atoms with Crippen molar-refractivity contribution in [2.45, 2.75) is 25.7 Å². The summed E-state index contributed by atoms with van der Waals surface area (Å²) in [5.74, 6) is -1.71. The average Bonchev–Trinajstić information content (AvgIpc) is 3.24. The maximum absolute atomic E-state index is 13.2. The van der Waals surface area contributed by atoms with E-state index in [-0.39, 0.29) is 23.9 Å². The average molecular weight is 536 g/mol. The molecule has 10 nitrogen and oxygen atoms in total. The number of hydrogen-bond donors (Lipinski definition) is 2. The Morgan fingerprint density at radius 2 is 1.95 bits per heavy atom. The van der Waals surface area contributed by atoms with Crippen LogP contribution in [-0.2, 0) is 19.4 Å². The lowest BCUT2D eigenvalue weighted by molar-refractivity contribution is -0.274. The van der Waals surface area contributed by atoms with Crippen molar-refractivity contribution < 1.29 is 32.2 Å². The highest BCUT2D eigenvalue weighted by molar-refractivity contribution is 5.90. The van der Waals surface area contributed by atoms with Gasteiger partial charge < -0.3 is 25.0 Å². The van der Waals surface area contributed by atoms with Gasteiger partial charge in [0.25, 0.3) is 0 Å². The lowest BCUT2D eigenvalue weighted by atomic mass is 9.93. The minimum atomic E-state index is -4.91. The summed E-state index contributed by atoms with van der Waals surface area (Å²) in [7, 11) is 2.00. The number of nitrogens with one attached hydrogen (secondary N) is 1. The topological polar surface area (TPSA) is 109 Å². The highest BCUT2D eigenvalue weighted by atomic mass is 19.4. The molecule has 38 heavy (non-hydrogen) atoms. The van der Waals surface area contributed by atoms with E-state index in [0.717, 1.165) is 13.1 Å². The summed E-state index contributed by atoms with van der Waals surface area (Å²) in [6.07, 6.45) is -2.59. The number of hydrogen-bond acceptors (Lipinski definition) is 8. The number of rotatable bonds is 7.